The van der Waals surface area contributed by atoms with Gasteiger partial charge < -0.3 is 9.88 Å². The standard InChI is InChI=1S/C28H28N2O3S/c31-28(30-17-15-22(16-18-30)19-21-9-3-1-4-10-21)26-27(24-13-7-8-14-25(24)29-26)34(32,33)20-23-11-5-2-6-12-23/h1-14,22,29H,15-20H2. The molecule has 174 valence electrons. The fourth-order valence-electron chi connectivity index (χ4n) is 4.90. The van der Waals surface area contributed by atoms with Crippen molar-refractivity contribution in [1.82, 2.24) is 9.88 Å². The van der Waals surface area contributed by atoms with E-state index in [4.69, 9.17) is 0 Å². The average molecular weight is 473 g/mol. The van der Waals surface area contributed by atoms with Gasteiger partial charge in [-0.15, -0.1) is 0 Å². The molecule has 0 radical (unpaired) electrons. The third kappa shape index (κ3) is 4.64. The van der Waals surface area contributed by atoms with Crippen LogP contribution in [0.2, 0.25) is 0 Å². The van der Waals surface area contributed by atoms with Gasteiger partial charge in [-0.3, -0.25) is 4.79 Å². The summed E-state index contributed by atoms with van der Waals surface area (Å²) in [5.41, 5.74) is 2.86. The van der Waals surface area contributed by atoms with Crippen LogP contribution in [0.5, 0.6) is 0 Å². The highest BCUT2D eigenvalue weighted by Crippen LogP contribution is 2.32. The molecule has 1 N–H and O–H groups in total. The van der Waals surface area contributed by atoms with Crippen LogP contribution in [-0.4, -0.2) is 37.3 Å². The van der Waals surface area contributed by atoms with E-state index in [0.29, 0.717) is 35.5 Å². The maximum absolute atomic E-state index is 13.6. The second-order valence-electron chi connectivity index (χ2n) is 9.04. The highest BCUT2D eigenvalue weighted by molar-refractivity contribution is 7.91. The van der Waals surface area contributed by atoms with Crippen molar-refractivity contribution in [2.24, 2.45) is 5.92 Å². The molecule has 1 amide bonds. The second-order valence-corrected chi connectivity index (χ2v) is 11.0. The first-order valence-electron chi connectivity index (χ1n) is 11.7. The van der Waals surface area contributed by atoms with Gasteiger partial charge in [0.2, 0.25) is 0 Å². The Kier molecular flexibility index (Phi) is 6.24. The Hall–Kier alpha value is -3.38. The van der Waals surface area contributed by atoms with E-state index < -0.39 is 9.84 Å². The summed E-state index contributed by atoms with van der Waals surface area (Å²) in [6.07, 6.45) is 2.83. The Bertz CT molecular complexity index is 1390. The smallest absolute Gasteiger partial charge is 0.271 e. The van der Waals surface area contributed by atoms with Crippen molar-refractivity contribution < 1.29 is 13.2 Å². The number of nitrogens with zero attached hydrogens (tertiary/aromatic N) is 1. The first-order chi connectivity index (χ1) is 16.5. The molecular formula is C28H28N2O3S. The summed E-state index contributed by atoms with van der Waals surface area (Å²) in [5, 5.41) is 0.570. The lowest BCUT2D eigenvalue weighted by molar-refractivity contribution is 0.0681. The summed E-state index contributed by atoms with van der Waals surface area (Å²) in [6, 6.07) is 26.8. The van der Waals surface area contributed by atoms with E-state index in [9.17, 15) is 13.2 Å². The van der Waals surface area contributed by atoms with Crippen LogP contribution in [0.25, 0.3) is 10.9 Å². The molecule has 1 aliphatic rings. The third-order valence-electron chi connectivity index (χ3n) is 6.65. The number of aromatic nitrogens is 1. The van der Waals surface area contributed by atoms with E-state index >= 15 is 0 Å². The monoisotopic (exact) mass is 472 g/mol. The molecule has 0 spiro atoms. The summed E-state index contributed by atoms with van der Waals surface area (Å²) in [5.74, 6) is 0.145. The number of sulfone groups is 1. The number of hydrogen-bond acceptors (Lipinski definition) is 3. The van der Waals surface area contributed by atoms with Gasteiger partial charge in [0.15, 0.2) is 9.84 Å². The van der Waals surface area contributed by atoms with Crippen molar-refractivity contribution in [1.29, 1.82) is 0 Å². The van der Waals surface area contributed by atoms with Crippen molar-refractivity contribution in [3.05, 3.63) is 102 Å². The molecule has 4 aromatic rings. The Morgan fingerprint density at radius 3 is 2.09 bits per heavy atom. The summed E-state index contributed by atoms with van der Waals surface area (Å²) in [6.45, 7) is 1.26. The average Bonchev–Trinajstić information content (AvgIpc) is 3.26. The van der Waals surface area contributed by atoms with Crippen LogP contribution in [0.3, 0.4) is 0 Å². The van der Waals surface area contributed by atoms with Gasteiger partial charge in [-0.05, 0) is 42.4 Å². The minimum atomic E-state index is -3.74. The zero-order valence-corrected chi connectivity index (χ0v) is 19.8. The van der Waals surface area contributed by atoms with E-state index in [0.717, 1.165) is 19.3 Å². The Morgan fingerprint density at radius 1 is 0.824 bits per heavy atom. The number of carbonyl (C=O) groups is 1. The van der Waals surface area contributed by atoms with Crippen molar-refractivity contribution in [3.63, 3.8) is 0 Å². The van der Waals surface area contributed by atoms with E-state index in [1.165, 1.54) is 5.56 Å². The number of amides is 1. The Morgan fingerprint density at radius 2 is 1.41 bits per heavy atom. The number of carbonyl (C=O) groups excluding carboxylic acids is 1. The fourth-order valence-corrected chi connectivity index (χ4v) is 6.64. The zero-order chi connectivity index (χ0) is 23.5. The van der Waals surface area contributed by atoms with Crippen molar-refractivity contribution >= 4 is 26.6 Å². The largest absolute Gasteiger partial charge is 0.349 e. The van der Waals surface area contributed by atoms with Crippen molar-refractivity contribution in [2.75, 3.05) is 13.1 Å². The summed E-state index contributed by atoms with van der Waals surface area (Å²) in [4.78, 5) is 18.6. The SMILES string of the molecule is O=C(c1[nH]c2ccccc2c1S(=O)(=O)Cc1ccccc1)N1CCC(Cc2ccccc2)CC1. The number of nitrogens with one attached hydrogen (secondary N) is 1. The van der Waals surface area contributed by atoms with Gasteiger partial charge in [0.25, 0.3) is 5.91 Å². The summed E-state index contributed by atoms with van der Waals surface area (Å²) >= 11 is 0. The van der Waals surface area contributed by atoms with Crippen LogP contribution in [0.1, 0.15) is 34.5 Å². The minimum absolute atomic E-state index is 0.114. The van der Waals surface area contributed by atoms with Crippen LogP contribution in [-0.2, 0) is 22.0 Å². The van der Waals surface area contributed by atoms with Gasteiger partial charge >= 0.3 is 0 Å². The van der Waals surface area contributed by atoms with Crippen LogP contribution in [0, 0.1) is 5.92 Å². The Balaban J connectivity index is 1.40. The van der Waals surface area contributed by atoms with Crippen molar-refractivity contribution in [2.45, 2.75) is 29.9 Å². The first-order valence-corrected chi connectivity index (χ1v) is 13.4. The number of para-hydroxylation sites is 1. The molecule has 0 bridgehead atoms. The quantitative estimate of drug-likeness (QED) is 0.417. The predicted octanol–water partition coefficient (Wildman–Crippen LogP) is 5.24. The highest BCUT2D eigenvalue weighted by Gasteiger charge is 2.32. The molecule has 6 heteroatoms. The molecular weight excluding hydrogens is 444 g/mol. The number of rotatable bonds is 6. The normalized spacial score (nSPS) is 15.0. The zero-order valence-electron chi connectivity index (χ0n) is 19.0. The van der Waals surface area contributed by atoms with Gasteiger partial charge in [-0.2, -0.15) is 0 Å². The van der Waals surface area contributed by atoms with Gasteiger partial charge in [-0.1, -0.05) is 78.9 Å². The summed E-state index contributed by atoms with van der Waals surface area (Å²) < 4.78 is 27.1. The maximum atomic E-state index is 13.6. The molecule has 0 unspecified atom stereocenters. The molecule has 3 aromatic carbocycles. The van der Waals surface area contributed by atoms with Crippen LogP contribution in [0.4, 0.5) is 0 Å². The number of fused-ring (bicyclic) bond motifs is 1. The molecule has 0 atom stereocenters. The lowest BCUT2D eigenvalue weighted by Gasteiger charge is -2.32. The molecule has 34 heavy (non-hydrogen) atoms. The number of benzene rings is 3. The van der Waals surface area contributed by atoms with Crippen molar-refractivity contribution in [3.8, 4) is 0 Å². The van der Waals surface area contributed by atoms with E-state index in [2.05, 4.69) is 29.2 Å². The molecule has 1 saturated heterocycles. The molecule has 5 nitrogen and oxygen atoms in total. The maximum Gasteiger partial charge on any atom is 0.271 e. The number of aromatic amines is 1. The molecule has 5 rings (SSSR count). The molecule has 2 heterocycles. The van der Waals surface area contributed by atoms with E-state index in [-0.39, 0.29) is 22.2 Å². The predicted molar refractivity (Wildman–Crippen MR) is 134 cm³/mol. The molecule has 1 fully saturated rings. The van der Waals surface area contributed by atoms with Gasteiger partial charge in [0, 0.05) is 24.0 Å². The molecule has 1 aliphatic heterocycles. The van der Waals surface area contributed by atoms with Crippen LogP contribution >= 0.6 is 0 Å². The number of piperidine rings is 1. The van der Waals surface area contributed by atoms with E-state index in [1.807, 2.05) is 36.4 Å². The molecule has 1 aromatic heterocycles. The third-order valence-corrected chi connectivity index (χ3v) is 8.41. The molecule has 0 saturated carbocycles. The highest BCUT2D eigenvalue weighted by atomic mass is 32.2. The number of hydrogen-bond donors (Lipinski definition) is 1. The second kappa shape index (κ2) is 9.47. The van der Waals surface area contributed by atoms with E-state index in [1.54, 1.807) is 29.2 Å². The van der Waals surface area contributed by atoms with Gasteiger partial charge in [0.1, 0.15) is 10.6 Å². The van der Waals surface area contributed by atoms with Crippen LogP contribution in [0.15, 0.2) is 89.8 Å². The first kappa shape index (κ1) is 22.4. The van der Waals surface area contributed by atoms with Gasteiger partial charge in [-0.25, -0.2) is 8.42 Å². The lowest BCUT2D eigenvalue weighted by Crippen LogP contribution is -2.39. The minimum Gasteiger partial charge on any atom is -0.349 e. The van der Waals surface area contributed by atoms with Gasteiger partial charge in [0.05, 0.1) is 5.75 Å². The van der Waals surface area contributed by atoms with Crippen LogP contribution < -0.4 is 0 Å². The number of H-pyrrole nitrogens is 1. The topological polar surface area (TPSA) is 70.2 Å². The number of likely N-dealkylation sites (tertiary alicyclic amines) is 1. The summed E-state index contributed by atoms with van der Waals surface area (Å²) in [7, 11) is -3.74. The Labute approximate surface area is 200 Å². The lowest BCUT2D eigenvalue weighted by atomic mass is 9.90. The molecule has 0 aliphatic carbocycles. The fraction of sp³-hybridized carbons (Fsp3) is 0.250.